The lowest BCUT2D eigenvalue weighted by molar-refractivity contribution is 0.232. The van der Waals surface area contributed by atoms with Crippen molar-refractivity contribution in [2.24, 2.45) is 5.92 Å². The van der Waals surface area contributed by atoms with Gasteiger partial charge in [-0.2, -0.15) is 0 Å². The second-order valence-corrected chi connectivity index (χ2v) is 3.98. The van der Waals surface area contributed by atoms with E-state index in [1.807, 2.05) is 6.92 Å². The van der Waals surface area contributed by atoms with E-state index in [-0.39, 0.29) is 12.6 Å². The molecule has 1 aliphatic rings. The van der Waals surface area contributed by atoms with Crippen LogP contribution in [0, 0.1) is 5.92 Å². The Balaban J connectivity index is 2.22. The van der Waals surface area contributed by atoms with Crippen LogP contribution in [-0.2, 0) is 0 Å². The first-order valence-electron chi connectivity index (χ1n) is 5.14. The molecule has 0 amide bonds. The third-order valence-electron chi connectivity index (χ3n) is 2.56. The fraction of sp³-hybridized carbons (Fsp3) is 1.00. The summed E-state index contributed by atoms with van der Waals surface area (Å²) in [6.45, 7) is 4.53. The molecule has 12 heavy (non-hydrogen) atoms. The van der Waals surface area contributed by atoms with Crippen molar-refractivity contribution in [3.05, 3.63) is 0 Å². The Morgan fingerprint density at radius 2 is 2.17 bits per heavy atom. The number of aliphatic hydroxyl groups excluding tert-OH is 1. The van der Waals surface area contributed by atoms with Gasteiger partial charge in [0, 0.05) is 12.1 Å². The molecule has 1 aliphatic carbocycles. The molecule has 1 saturated carbocycles. The van der Waals surface area contributed by atoms with Gasteiger partial charge in [0.25, 0.3) is 0 Å². The topological polar surface area (TPSA) is 32.3 Å². The zero-order valence-corrected chi connectivity index (χ0v) is 8.21. The molecular weight excluding hydrogens is 150 g/mol. The first kappa shape index (κ1) is 10.0. The summed E-state index contributed by atoms with van der Waals surface area (Å²) >= 11 is 0. The van der Waals surface area contributed by atoms with Gasteiger partial charge in [0.1, 0.15) is 0 Å². The molecular formula is C10H21NO. The van der Waals surface area contributed by atoms with E-state index in [0.717, 1.165) is 5.92 Å². The Bertz CT molecular complexity index is 123. The van der Waals surface area contributed by atoms with Crippen LogP contribution < -0.4 is 5.32 Å². The van der Waals surface area contributed by atoms with E-state index in [1.54, 1.807) is 0 Å². The van der Waals surface area contributed by atoms with Gasteiger partial charge < -0.3 is 10.4 Å². The minimum atomic E-state index is 0.257. The summed E-state index contributed by atoms with van der Waals surface area (Å²) < 4.78 is 0. The predicted molar refractivity (Wildman–Crippen MR) is 51.1 cm³/mol. The molecule has 1 unspecified atom stereocenters. The van der Waals surface area contributed by atoms with Crippen molar-refractivity contribution in [2.45, 2.75) is 51.6 Å². The van der Waals surface area contributed by atoms with Gasteiger partial charge >= 0.3 is 0 Å². The zero-order valence-electron chi connectivity index (χ0n) is 8.21. The van der Waals surface area contributed by atoms with E-state index in [9.17, 15) is 0 Å². The number of hydrogen-bond donors (Lipinski definition) is 2. The van der Waals surface area contributed by atoms with Crippen LogP contribution in [0.1, 0.15) is 39.5 Å². The highest BCUT2D eigenvalue weighted by molar-refractivity contribution is 4.87. The Morgan fingerprint density at radius 1 is 1.50 bits per heavy atom. The Morgan fingerprint density at radius 3 is 2.58 bits per heavy atom. The molecule has 0 aliphatic heterocycles. The van der Waals surface area contributed by atoms with Gasteiger partial charge in [-0.15, -0.1) is 0 Å². The van der Waals surface area contributed by atoms with Crippen LogP contribution in [0.3, 0.4) is 0 Å². The molecule has 2 atom stereocenters. The molecule has 0 heterocycles. The van der Waals surface area contributed by atoms with Crippen molar-refractivity contribution in [1.82, 2.24) is 5.32 Å². The van der Waals surface area contributed by atoms with Crippen molar-refractivity contribution < 1.29 is 5.11 Å². The van der Waals surface area contributed by atoms with Crippen molar-refractivity contribution in [1.29, 1.82) is 0 Å². The molecule has 1 fully saturated rings. The van der Waals surface area contributed by atoms with Gasteiger partial charge in [-0.25, -0.2) is 0 Å². The molecule has 0 saturated heterocycles. The van der Waals surface area contributed by atoms with Gasteiger partial charge in [-0.3, -0.25) is 0 Å². The smallest absolute Gasteiger partial charge is 0.0582 e. The highest BCUT2D eigenvalue weighted by atomic mass is 16.3. The van der Waals surface area contributed by atoms with E-state index in [4.69, 9.17) is 5.11 Å². The average molecular weight is 171 g/mol. The molecule has 2 N–H and O–H groups in total. The highest BCUT2D eigenvalue weighted by Gasteiger charge is 2.30. The lowest BCUT2D eigenvalue weighted by Crippen LogP contribution is -2.39. The summed E-state index contributed by atoms with van der Waals surface area (Å²) in [5.41, 5.74) is 0. The Kier molecular flexibility index (Phi) is 4.02. The lowest BCUT2D eigenvalue weighted by Gasteiger charge is -2.21. The van der Waals surface area contributed by atoms with Crippen molar-refractivity contribution in [2.75, 3.05) is 6.61 Å². The number of nitrogens with one attached hydrogen (secondary N) is 1. The Hall–Kier alpha value is -0.0800. The van der Waals surface area contributed by atoms with Gasteiger partial charge in [0.15, 0.2) is 0 Å². The summed E-state index contributed by atoms with van der Waals surface area (Å²) in [4.78, 5) is 0. The second kappa shape index (κ2) is 4.83. The molecule has 0 bridgehead atoms. The molecule has 2 heteroatoms. The minimum Gasteiger partial charge on any atom is -0.395 e. The quantitative estimate of drug-likeness (QED) is 0.635. The first-order chi connectivity index (χ1) is 5.77. The number of aliphatic hydroxyl groups is 1. The summed E-state index contributed by atoms with van der Waals surface area (Å²) in [6, 6.07) is 0.930. The van der Waals surface area contributed by atoms with Gasteiger partial charge in [0.2, 0.25) is 0 Å². The van der Waals surface area contributed by atoms with Crippen molar-refractivity contribution in [3.8, 4) is 0 Å². The molecule has 72 valence electrons. The monoisotopic (exact) mass is 171 g/mol. The maximum atomic E-state index is 8.89. The standard InChI is InChI=1S/C10H21NO/c1-3-4-10(9-5-6-9)11-8(2)7-12/h8-12H,3-7H2,1-2H3/t8-,10?/m1/s1. The predicted octanol–water partition coefficient (Wildman–Crippen LogP) is 1.54. The van der Waals surface area contributed by atoms with Crippen LogP contribution >= 0.6 is 0 Å². The van der Waals surface area contributed by atoms with E-state index in [0.29, 0.717) is 6.04 Å². The fourth-order valence-electron chi connectivity index (χ4n) is 1.68. The summed E-state index contributed by atoms with van der Waals surface area (Å²) in [5.74, 6) is 0.902. The van der Waals surface area contributed by atoms with E-state index >= 15 is 0 Å². The van der Waals surface area contributed by atoms with Crippen LogP contribution in [0.25, 0.3) is 0 Å². The minimum absolute atomic E-state index is 0.257. The lowest BCUT2D eigenvalue weighted by atomic mass is 10.1. The van der Waals surface area contributed by atoms with Crippen LogP contribution in [0.15, 0.2) is 0 Å². The highest BCUT2D eigenvalue weighted by Crippen LogP contribution is 2.34. The molecule has 0 radical (unpaired) electrons. The van der Waals surface area contributed by atoms with E-state index < -0.39 is 0 Å². The second-order valence-electron chi connectivity index (χ2n) is 3.98. The van der Waals surface area contributed by atoms with Gasteiger partial charge in [-0.1, -0.05) is 13.3 Å². The fourth-order valence-corrected chi connectivity index (χ4v) is 1.68. The van der Waals surface area contributed by atoms with Crippen LogP contribution in [0.5, 0.6) is 0 Å². The number of hydrogen-bond acceptors (Lipinski definition) is 2. The molecule has 0 spiro atoms. The van der Waals surface area contributed by atoms with Crippen LogP contribution in [0.2, 0.25) is 0 Å². The normalized spacial score (nSPS) is 22.2. The summed E-state index contributed by atoms with van der Waals surface area (Å²) in [5, 5.41) is 12.4. The third-order valence-corrected chi connectivity index (χ3v) is 2.56. The average Bonchev–Trinajstić information content (AvgIpc) is 2.86. The van der Waals surface area contributed by atoms with E-state index in [1.165, 1.54) is 25.7 Å². The number of rotatable bonds is 6. The SMILES string of the molecule is CCCC(N[C@H](C)CO)C1CC1. The largest absolute Gasteiger partial charge is 0.395 e. The summed E-state index contributed by atoms with van der Waals surface area (Å²) in [6.07, 6.45) is 5.27. The summed E-state index contributed by atoms with van der Waals surface area (Å²) in [7, 11) is 0. The molecule has 0 aromatic rings. The maximum absolute atomic E-state index is 8.89. The van der Waals surface area contributed by atoms with Gasteiger partial charge in [-0.05, 0) is 32.1 Å². The Labute approximate surface area is 75.4 Å². The van der Waals surface area contributed by atoms with Crippen LogP contribution in [0.4, 0.5) is 0 Å². The van der Waals surface area contributed by atoms with E-state index in [2.05, 4.69) is 12.2 Å². The van der Waals surface area contributed by atoms with Crippen molar-refractivity contribution in [3.63, 3.8) is 0 Å². The third kappa shape index (κ3) is 3.11. The van der Waals surface area contributed by atoms with Crippen LogP contribution in [-0.4, -0.2) is 23.8 Å². The first-order valence-corrected chi connectivity index (χ1v) is 5.14. The molecule has 0 aromatic carbocycles. The van der Waals surface area contributed by atoms with Gasteiger partial charge in [0.05, 0.1) is 6.61 Å². The molecule has 0 aromatic heterocycles. The maximum Gasteiger partial charge on any atom is 0.0582 e. The zero-order chi connectivity index (χ0) is 8.97. The molecule has 2 nitrogen and oxygen atoms in total. The molecule has 1 rings (SSSR count). The van der Waals surface area contributed by atoms with Crippen molar-refractivity contribution >= 4 is 0 Å².